The number of aromatic nitrogens is 1. The minimum atomic E-state index is -3.99. The molecule has 1 N–H and O–H groups in total. The molecule has 1 aromatic heterocycles. The summed E-state index contributed by atoms with van der Waals surface area (Å²) in [7, 11) is -3.99. The van der Waals surface area contributed by atoms with Gasteiger partial charge in [-0.1, -0.05) is 18.2 Å². The molecular weight excluding hydrogens is 398 g/mol. The maximum Gasteiger partial charge on any atom is 0.221 e. The lowest BCUT2D eigenvalue weighted by Crippen LogP contribution is -2.07. The summed E-state index contributed by atoms with van der Waals surface area (Å²) in [6, 6.07) is 15.5. The zero-order chi connectivity index (χ0) is 21.3. The molecular formula is C23H21N3O3S. The van der Waals surface area contributed by atoms with Crippen LogP contribution in [0.3, 0.4) is 0 Å². The van der Waals surface area contributed by atoms with Crippen molar-refractivity contribution in [3.8, 4) is 6.07 Å². The van der Waals surface area contributed by atoms with Crippen LogP contribution in [0.15, 0.2) is 64.5 Å². The summed E-state index contributed by atoms with van der Waals surface area (Å²) in [6.07, 6.45) is 5.80. The highest BCUT2D eigenvalue weighted by Gasteiger charge is 2.24. The topological polar surface area (TPSA) is 92.0 Å². The lowest BCUT2D eigenvalue weighted by atomic mass is 10.1. The molecule has 0 atom stereocenters. The second-order valence-electron chi connectivity index (χ2n) is 7.53. The normalized spacial score (nSPS) is 14.5. The van der Waals surface area contributed by atoms with Crippen molar-refractivity contribution in [2.24, 2.45) is 5.92 Å². The Kier molecular flexibility index (Phi) is 5.18. The zero-order valence-electron chi connectivity index (χ0n) is 16.5. The molecule has 1 amide bonds. The Morgan fingerprint density at radius 1 is 1.20 bits per heavy atom. The smallest absolute Gasteiger partial charge is 0.221 e. The quantitative estimate of drug-likeness (QED) is 0.601. The van der Waals surface area contributed by atoms with Crippen LogP contribution < -0.4 is 5.32 Å². The molecule has 1 fully saturated rings. The zero-order valence-corrected chi connectivity index (χ0v) is 17.3. The maximum absolute atomic E-state index is 13.0. The number of sulfone groups is 1. The summed E-state index contributed by atoms with van der Waals surface area (Å²) in [5.74, 6) is 0.421. The van der Waals surface area contributed by atoms with Gasteiger partial charge in [-0.25, -0.2) is 8.42 Å². The highest BCUT2D eigenvalue weighted by molar-refractivity contribution is 7.95. The standard InChI is InChI=1S/C23H21N3O3S/c1-16(27)25-19-8-10-20(11-9-19)30(28,29)21(13-24)12-18-15-26(14-17-6-7-17)23-5-3-2-4-22(18)23/h2-5,8-12,15,17H,6-7,14H2,1H3,(H,25,27)/b21-12+. The first-order valence-electron chi connectivity index (χ1n) is 9.71. The Balaban J connectivity index is 1.73. The van der Waals surface area contributed by atoms with Crippen LogP contribution in [-0.2, 0) is 21.2 Å². The third-order valence-corrected chi connectivity index (χ3v) is 6.82. The van der Waals surface area contributed by atoms with Crippen LogP contribution in [0, 0.1) is 17.2 Å². The van der Waals surface area contributed by atoms with E-state index >= 15 is 0 Å². The van der Waals surface area contributed by atoms with Gasteiger partial charge in [0, 0.05) is 41.8 Å². The molecule has 6 nitrogen and oxygen atoms in total. The van der Waals surface area contributed by atoms with Gasteiger partial charge in [-0.05, 0) is 55.2 Å². The number of carbonyl (C=O) groups excluding carboxylic acids is 1. The molecule has 1 aliphatic carbocycles. The summed E-state index contributed by atoms with van der Waals surface area (Å²) in [4.78, 5) is 10.8. The number of allylic oxidation sites excluding steroid dienone is 1. The van der Waals surface area contributed by atoms with E-state index in [1.54, 1.807) is 0 Å². The van der Waals surface area contributed by atoms with Gasteiger partial charge in [0.25, 0.3) is 0 Å². The van der Waals surface area contributed by atoms with Gasteiger partial charge in [0.1, 0.15) is 11.0 Å². The Morgan fingerprint density at radius 2 is 1.90 bits per heavy atom. The molecule has 1 aliphatic rings. The van der Waals surface area contributed by atoms with Crippen molar-refractivity contribution in [2.45, 2.75) is 31.2 Å². The number of hydrogen-bond donors (Lipinski definition) is 1. The number of fused-ring (bicyclic) bond motifs is 1. The number of carbonyl (C=O) groups is 1. The molecule has 4 rings (SSSR count). The fourth-order valence-electron chi connectivity index (χ4n) is 3.48. The van der Waals surface area contributed by atoms with E-state index in [1.165, 1.54) is 50.1 Å². The highest BCUT2D eigenvalue weighted by Crippen LogP contribution is 2.34. The number of para-hydroxylation sites is 1. The van der Waals surface area contributed by atoms with Crippen molar-refractivity contribution in [1.82, 2.24) is 4.57 Å². The van der Waals surface area contributed by atoms with Gasteiger partial charge in [0.15, 0.2) is 0 Å². The second-order valence-corrected chi connectivity index (χ2v) is 9.44. The number of hydrogen-bond acceptors (Lipinski definition) is 4. The summed E-state index contributed by atoms with van der Waals surface area (Å²) in [5.41, 5.74) is 2.23. The fraction of sp³-hybridized carbons (Fsp3) is 0.217. The molecule has 30 heavy (non-hydrogen) atoms. The summed E-state index contributed by atoms with van der Waals surface area (Å²) in [6.45, 7) is 2.27. The van der Waals surface area contributed by atoms with Crippen molar-refractivity contribution in [3.63, 3.8) is 0 Å². The van der Waals surface area contributed by atoms with Crippen LogP contribution in [0.1, 0.15) is 25.3 Å². The minimum Gasteiger partial charge on any atom is -0.347 e. The third-order valence-electron chi connectivity index (χ3n) is 5.14. The van der Waals surface area contributed by atoms with Gasteiger partial charge in [-0.3, -0.25) is 4.79 Å². The molecule has 0 spiro atoms. The number of nitrogens with zero attached hydrogens (tertiary/aromatic N) is 2. The summed E-state index contributed by atoms with van der Waals surface area (Å²) in [5, 5.41) is 13.1. The van der Waals surface area contributed by atoms with Crippen molar-refractivity contribution in [1.29, 1.82) is 5.26 Å². The van der Waals surface area contributed by atoms with E-state index in [0.717, 1.165) is 17.4 Å². The van der Waals surface area contributed by atoms with Crippen molar-refractivity contribution < 1.29 is 13.2 Å². The predicted octanol–water partition coefficient (Wildman–Crippen LogP) is 4.35. The third kappa shape index (κ3) is 4.00. The van der Waals surface area contributed by atoms with Crippen LogP contribution in [0.5, 0.6) is 0 Å². The molecule has 152 valence electrons. The average Bonchev–Trinajstić information content (AvgIpc) is 3.47. The van der Waals surface area contributed by atoms with Crippen LogP contribution >= 0.6 is 0 Å². The Morgan fingerprint density at radius 3 is 2.53 bits per heavy atom. The first-order valence-corrected chi connectivity index (χ1v) is 11.2. The van der Waals surface area contributed by atoms with Crippen molar-refractivity contribution in [3.05, 3.63) is 65.2 Å². The van der Waals surface area contributed by atoms with Crippen LogP contribution in [0.25, 0.3) is 17.0 Å². The Labute approximate surface area is 175 Å². The number of benzene rings is 2. The summed E-state index contributed by atoms with van der Waals surface area (Å²) >= 11 is 0. The second kappa shape index (κ2) is 7.81. The van der Waals surface area contributed by atoms with E-state index in [9.17, 15) is 18.5 Å². The van der Waals surface area contributed by atoms with Crippen LogP contribution in [0.2, 0.25) is 0 Å². The van der Waals surface area contributed by atoms with Crippen molar-refractivity contribution in [2.75, 3.05) is 5.32 Å². The first kappa shape index (κ1) is 19.9. The molecule has 0 bridgehead atoms. The number of anilines is 1. The molecule has 1 heterocycles. The van der Waals surface area contributed by atoms with Crippen molar-refractivity contribution >= 4 is 38.4 Å². The molecule has 0 radical (unpaired) electrons. The average molecular weight is 420 g/mol. The van der Waals surface area contributed by atoms with Gasteiger partial charge in [0.2, 0.25) is 15.7 Å². The van der Waals surface area contributed by atoms with E-state index in [0.29, 0.717) is 17.2 Å². The van der Waals surface area contributed by atoms with Crippen LogP contribution in [0.4, 0.5) is 5.69 Å². The van der Waals surface area contributed by atoms with Gasteiger partial charge in [-0.15, -0.1) is 0 Å². The summed E-state index contributed by atoms with van der Waals surface area (Å²) < 4.78 is 28.2. The molecule has 2 aromatic carbocycles. The highest BCUT2D eigenvalue weighted by atomic mass is 32.2. The number of nitriles is 1. The first-order chi connectivity index (χ1) is 14.4. The fourth-order valence-corrected chi connectivity index (χ4v) is 4.63. The monoisotopic (exact) mass is 419 g/mol. The number of rotatable bonds is 6. The maximum atomic E-state index is 13.0. The molecule has 0 aliphatic heterocycles. The lowest BCUT2D eigenvalue weighted by molar-refractivity contribution is -0.114. The Bertz CT molecular complexity index is 1290. The lowest BCUT2D eigenvalue weighted by Gasteiger charge is -2.05. The molecule has 1 saturated carbocycles. The largest absolute Gasteiger partial charge is 0.347 e. The van der Waals surface area contributed by atoms with Crippen LogP contribution in [-0.4, -0.2) is 18.9 Å². The van der Waals surface area contributed by atoms with Gasteiger partial charge in [-0.2, -0.15) is 5.26 Å². The minimum absolute atomic E-state index is 0.00567. The number of nitrogens with one attached hydrogen (secondary N) is 1. The van der Waals surface area contributed by atoms with E-state index in [4.69, 9.17) is 0 Å². The van der Waals surface area contributed by atoms with Gasteiger partial charge in [0.05, 0.1) is 4.90 Å². The Hall–Kier alpha value is -3.37. The molecule has 0 unspecified atom stereocenters. The number of amides is 1. The van der Waals surface area contributed by atoms with E-state index < -0.39 is 9.84 Å². The van der Waals surface area contributed by atoms with Gasteiger partial charge >= 0.3 is 0 Å². The molecule has 7 heteroatoms. The van der Waals surface area contributed by atoms with E-state index in [1.807, 2.05) is 36.5 Å². The molecule has 3 aromatic rings. The van der Waals surface area contributed by atoms with Gasteiger partial charge < -0.3 is 9.88 Å². The SMILES string of the molecule is CC(=O)Nc1ccc(S(=O)(=O)/C(C#N)=C/c2cn(CC3CC3)c3ccccc23)cc1. The predicted molar refractivity (Wildman–Crippen MR) is 116 cm³/mol. The molecule has 0 saturated heterocycles. The van der Waals surface area contributed by atoms with E-state index in [-0.39, 0.29) is 15.7 Å². The van der Waals surface area contributed by atoms with E-state index in [2.05, 4.69) is 9.88 Å².